The average molecular weight is 443 g/mol. The maximum atomic E-state index is 13.3. The lowest BCUT2D eigenvalue weighted by molar-refractivity contribution is 0.0682. The third kappa shape index (κ3) is 4.59. The van der Waals surface area contributed by atoms with Crippen LogP contribution in [0.5, 0.6) is 5.75 Å². The van der Waals surface area contributed by atoms with E-state index in [1.54, 1.807) is 55.1 Å². The number of nitrogens with two attached hydrogens (primary N) is 1. The van der Waals surface area contributed by atoms with Gasteiger partial charge in [0, 0.05) is 35.2 Å². The third-order valence-corrected chi connectivity index (χ3v) is 6.28. The zero-order valence-corrected chi connectivity index (χ0v) is 18.1. The van der Waals surface area contributed by atoms with Gasteiger partial charge in [-0.1, -0.05) is 30.8 Å². The average Bonchev–Trinajstić information content (AvgIpc) is 3.33. The Morgan fingerprint density at radius 3 is 2.53 bits per heavy atom. The summed E-state index contributed by atoms with van der Waals surface area (Å²) in [7, 11) is 0. The van der Waals surface area contributed by atoms with Crippen molar-refractivity contribution in [2.24, 2.45) is 5.84 Å². The van der Waals surface area contributed by atoms with E-state index >= 15 is 0 Å². The number of pyridine rings is 2. The number of thiophene rings is 1. The van der Waals surface area contributed by atoms with Crippen LogP contribution in [0.1, 0.15) is 33.3 Å². The number of phenolic OH excluding ortho intramolecular Hbond substituents is 1. The maximum Gasteiger partial charge on any atom is 0.278 e. The molecule has 0 bridgehead atoms. The molecule has 4 aromatic rings. The van der Waals surface area contributed by atoms with Gasteiger partial charge in [-0.3, -0.25) is 19.8 Å². The Morgan fingerprint density at radius 1 is 1.03 bits per heavy atom. The van der Waals surface area contributed by atoms with Gasteiger partial charge in [-0.2, -0.15) is 0 Å². The van der Waals surface area contributed by atoms with Gasteiger partial charge in [0.05, 0.1) is 10.9 Å². The highest BCUT2D eigenvalue weighted by Gasteiger charge is 2.27. The van der Waals surface area contributed by atoms with Crippen LogP contribution in [0.15, 0.2) is 92.0 Å². The second-order valence-corrected chi connectivity index (χ2v) is 8.32. The van der Waals surface area contributed by atoms with Crippen molar-refractivity contribution in [1.29, 1.82) is 0 Å². The van der Waals surface area contributed by atoms with Crippen LogP contribution in [0, 0.1) is 0 Å². The molecule has 1 amide bonds. The summed E-state index contributed by atoms with van der Waals surface area (Å²) in [6.45, 7) is 4.16. The van der Waals surface area contributed by atoms with Gasteiger partial charge in [0.1, 0.15) is 5.75 Å². The number of carbonyl (C=O) groups excluding carboxylic acids is 1. The number of hydrogen-bond acceptors (Lipinski definition) is 6. The number of amides is 1. The predicted molar refractivity (Wildman–Crippen MR) is 127 cm³/mol. The standard InChI is InChI=1S/C25H22N4O2S/c1-17(19-5-4-12-28-16-19)15-21(20-6-2-3-7-22(20)30)29(26)25(31)24-9-8-23(32-24)18-10-13-27-14-11-18/h2-14,16,21,30H,1,15,26H2. The summed E-state index contributed by atoms with van der Waals surface area (Å²) in [4.78, 5) is 22.9. The van der Waals surface area contributed by atoms with Gasteiger partial charge in [0.25, 0.3) is 5.91 Å². The molecule has 3 N–H and O–H groups in total. The maximum absolute atomic E-state index is 13.3. The van der Waals surface area contributed by atoms with E-state index in [-0.39, 0.29) is 11.7 Å². The number of rotatable bonds is 7. The molecule has 0 aliphatic heterocycles. The first-order valence-electron chi connectivity index (χ1n) is 9.99. The van der Waals surface area contributed by atoms with E-state index in [1.807, 2.05) is 30.3 Å². The molecule has 7 heteroatoms. The summed E-state index contributed by atoms with van der Waals surface area (Å²) in [5.74, 6) is 6.12. The number of aromatic nitrogens is 2. The molecular weight excluding hydrogens is 420 g/mol. The Balaban J connectivity index is 1.63. The monoisotopic (exact) mass is 442 g/mol. The van der Waals surface area contributed by atoms with Gasteiger partial charge in [-0.05, 0) is 59.5 Å². The van der Waals surface area contributed by atoms with E-state index in [0.29, 0.717) is 16.9 Å². The summed E-state index contributed by atoms with van der Waals surface area (Å²) >= 11 is 1.36. The molecule has 4 rings (SSSR count). The normalized spacial score (nSPS) is 11.7. The van der Waals surface area contributed by atoms with Crippen molar-refractivity contribution in [3.8, 4) is 16.2 Å². The molecule has 32 heavy (non-hydrogen) atoms. The molecule has 0 saturated heterocycles. The van der Waals surface area contributed by atoms with E-state index in [1.165, 1.54) is 16.3 Å². The van der Waals surface area contributed by atoms with E-state index in [4.69, 9.17) is 5.84 Å². The second kappa shape index (κ2) is 9.55. The lowest BCUT2D eigenvalue weighted by atomic mass is 9.95. The van der Waals surface area contributed by atoms with Crippen LogP contribution in [0.25, 0.3) is 16.0 Å². The van der Waals surface area contributed by atoms with Crippen LogP contribution in [0.4, 0.5) is 0 Å². The molecule has 0 spiro atoms. The lowest BCUT2D eigenvalue weighted by Crippen LogP contribution is -2.40. The minimum atomic E-state index is -0.608. The summed E-state index contributed by atoms with van der Waals surface area (Å²) in [6, 6.07) is 17.4. The number of aromatic hydroxyl groups is 1. The van der Waals surface area contributed by atoms with Crippen LogP contribution in [-0.2, 0) is 0 Å². The van der Waals surface area contributed by atoms with Crippen molar-refractivity contribution in [3.63, 3.8) is 0 Å². The third-order valence-electron chi connectivity index (χ3n) is 5.16. The first-order chi connectivity index (χ1) is 15.5. The fourth-order valence-corrected chi connectivity index (χ4v) is 4.40. The van der Waals surface area contributed by atoms with Crippen molar-refractivity contribution >= 4 is 22.8 Å². The number of benzene rings is 1. The number of hydrazine groups is 1. The highest BCUT2D eigenvalue weighted by molar-refractivity contribution is 7.17. The Labute approximate surface area is 190 Å². The van der Waals surface area contributed by atoms with Crippen molar-refractivity contribution in [2.45, 2.75) is 12.5 Å². The Bertz CT molecular complexity index is 1220. The molecule has 0 saturated carbocycles. The summed E-state index contributed by atoms with van der Waals surface area (Å²) in [6.07, 6.45) is 7.17. The molecular formula is C25H22N4O2S. The quantitative estimate of drug-likeness (QED) is 0.237. The van der Waals surface area contributed by atoms with Crippen LogP contribution in [0.3, 0.4) is 0 Å². The fraction of sp³-hybridized carbons (Fsp3) is 0.0800. The fourth-order valence-electron chi connectivity index (χ4n) is 3.44. The number of nitrogens with zero attached hydrogens (tertiary/aromatic N) is 3. The summed E-state index contributed by atoms with van der Waals surface area (Å²) in [5, 5.41) is 11.7. The highest BCUT2D eigenvalue weighted by atomic mass is 32.1. The van der Waals surface area contributed by atoms with Crippen LogP contribution >= 0.6 is 11.3 Å². The predicted octanol–water partition coefficient (Wildman–Crippen LogP) is 5.07. The van der Waals surface area contributed by atoms with Crippen molar-refractivity contribution < 1.29 is 9.90 Å². The van der Waals surface area contributed by atoms with Crippen molar-refractivity contribution in [2.75, 3.05) is 0 Å². The molecule has 1 aromatic carbocycles. The van der Waals surface area contributed by atoms with E-state index in [2.05, 4.69) is 16.5 Å². The first kappa shape index (κ1) is 21.4. The minimum Gasteiger partial charge on any atom is -0.508 e. The Morgan fingerprint density at radius 2 is 1.81 bits per heavy atom. The van der Waals surface area contributed by atoms with Crippen LogP contribution in [0.2, 0.25) is 0 Å². The smallest absolute Gasteiger partial charge is 0.278 e. The van der Waals surface area contributed by atoms with E-state index < -0.39 is 6.04 Å². The molecule has 160 valence electrons. The molecule has 0 aliphatic rings. The van der Waals surface area contributed by atoms with Crippen molar-refractivity contribution in [3.05, 3.63) is 108 Å². The zero-order chi connectivity index (χ0) is 22.5. The highest BCUT2D eigenvalue weighted by Crippen LogP contribution is 2.36. The molecule has 0 fully saturated rings. The molecule has 0 radical (unpaired) electrons. The van der Waals surface area contributed by atoms with Gasteiger partial charge >= 0.3 is 0 Å². The van der Waals surface area contributed by atoms with Crippen LogP contribution < -0.4 is 5.84 Å². The lowest BCUT2D eigenvalue weighted by Gasteiger charge is -2.29. The van der Waals surface area contributed by atoms with Gasteiger partial charge in [0.2, 0.25) is 0 Å². The molecule has 6 nitrogen and oxygen atoms in total. The molecule has 0 aliphatic carbocycles. The van der Waals surface area contributed by atoms with Gasteiger partial charge in [0.15, 0.2) is 0 Å². The largest absolute Gasteiger partial charge is 0.508 e. The number of phenols is 1. The van der Waals surface area contributed by atoms with E-state index in [9.17, 15) is 9.90 Å². The topological polar surface area (TPSA) is 92.3 Å². The minimum absolute atomic E-state index is 0.0726. The first-order valence-corrected chi connectivity index (χ1v) is 10.8. The molecule has 1 unspecified atom stereocenters. The number of para-hydroxylation sites is 1. The number of hydrogen-bond donors (Lipinski definition) is 2. The molecule has 3 aromatic heterocycles. The Kier molecular flexibility index (Phi) is 6.39. The zero-order valence-electron chi connectivity index (χ0n) is 17.3. The molecule has 3 heterocycles. The molecule has 1 atom stereocenters. The van der Waals surface area contributed by atoms with Gasteiger partial charge in [-0.25, -0.2) is 5.84 Å². The summed E-state index contributed by atoms with van der Waals surface area (Å²) < 4.78 is 0. The van der Waals surface area contributed by atoms with Crippen molar-refractivity contribution in [1.82, 2.24) is 15.0 Å². The van der Waals surface area contributed by atoms with Crippen LogP contribution in [-0.4, -0.2) is 26.0 Å². The number of carbonyl (C=O) groups is 1. The Hall–Kier alpha value is -3.81. The summed E-state index contributed by atoms with van der Waals surface area (Å²) in [5.41, 5.74) is 3.15. The SMILES string of the molecule is C=C(CC(c1ccccc1O)N(N)C(=O)c1ccc(-c2ccncc2)s1)c1cccnc1. The van der Waals surface area contributed by atoms with Gasteiger partial charge < -0.3 is 5.11 Å². The van der Waals surface area contributed by atoms with Gasteiger partial charge in [-0.15, -0.1) is 11.3 Å². The van der Waals surface area contributed by atoms with E-state index in [0.717, 1.165) is 21.6 Å². The second-order valence-electron chi connectivity index (χ2n) is 7.24.